The van der Waals surface area contributed by atoms with E-state index >= 15 is 0 Å². The fraction of sp³-hybridized carbons (Fsp3) is 0.857. The molecule has 2 aliphatic rings. The van der Waals surface area contributed by atoms with E-state index in [4.69, 9.17) is 5.11 Å². The Bertz CT molecular complexity index is 340. The van der Waals surface area contributed by atoms with Crippen LogP contribution in [0.3, 0.4) is 0 Å². The van der Waals surface area contributed by atoms with Gasteiger partial charge in [-0.1, -0.05) is 12.8 Å². The first-order valence-corrected chi connectivity index (χ1v) is 7.41. The van der Waals surface area contributed by atoms with Crippen LogP contribution in [0, 0.1) is 5.92 Å². The number of aliphatic carboxylic acids is 1. The molecule has 1 aliphatic heterocycles. The molecule has 1 atom stereocenters. The number of carboxylic acid groups (broad SMARTS) is 1. The molecule has 2 rings (SSSR count). The first kappa shape index (κ1) is 14.2. The molecule has 19 heavy (non-hydrogen) atoms. The van der Waals surface area contributed by atoms with Crippen molar-refractivity contribution in [2.45, 2.75) is 51.5 Å². The van der Waals surface area contributed by atoms with Crippen LogP contribution in [0.15, 0.2) is 0 Å². The molecular weight excluding hydrogens is 244 g/mol. The molecule has 2 fully saturated rings. The normalized spacial score (nSPS) is 24.5. The SMILES string of the molecule is CCN(C(=O)N1CCC[C@H](C(=O)O)C1)C1CCCC1. The largest absolute Gasteiger partial charge is 0.481 e. The Kier molecular flexibility index (Phi) is 4.66. The molecule has 2 amide bonds. The van der Waals surface area contributed by atoms with E-state index in [1.165, 1.54) is 12.8 Å². The molecule has 0 aromatic rings. The highest BCUT2D eigenvalue weighted by Gasteiger charge is 2.33. The summed E-state index contributed by atoms with van der Waals surface area (Å²) >= 11 is 0. The fourth-order valence-corrected chi connectivity index (χ4v) is 3.30. The Morgan fingerprint density at radius 1 is 1.21 bits per heavy atom. The van der Waals surface area contributed by atoms with Gasteiger partial charge in [-0.05, 0) is 32.6 Å². The third-order valence-corrected chi connectivity index (χ3v) is 4.39. The van der Waals surface area contributed by atoms with E-state index in [9.17, 15) is 9.59 Å². The van der Waals surface area contributed by atoms with E-state index < -0.39 is 5.97 Å². The minimum Gasteiger partial charge on any atom is -0.481 e. The predicted octanol–water partition coefficient (Wildman–Crippen LogP) is 2.17. The molecule has 1 heterocycles. The van der Waals surface area contributed by atoms with Gasteiger partial charge >= 0.3 is 12.0 Å². The van der Waals surface area contributed by atoms with Gasteiger partial charge in [-0.15, -0.1) is 0 Å². The van der Waals surface area contributed by atoms with Gasteiger partial charge < -0.3 is 14.9 Å². The quantitative estimate of drug-likeness (QED) is 0.853. The van der Waals surface area contributed by atoms with E-state index in [-0.39, 0.29) is 11.9 Å². The van der Waals surface area contributed by atoms with Crippen molar-refractivity contribution in [3.8, 4) is 0 Å². The van der Waals surface area contributed by atoms with Gasteiger partial charge in [0.05, 0.1) is 5.92 Å². The van der Waals surface area contributed by atoms with E-state index in [0.29, 0.717) is 25.6 Å². The lowest BCUT2D eigenvalue weighted by molar-refractivity contribution is -0.143. The van der Waals surface area contributed by atoms with Crippen molar-refractivity contribution in [3.63, 3.8) is 0 Å². The molecule has 0 unspecified atom stereocenters. The molecule has 0 spiro atoms. The minimum atomic E-state index is -0.776. The maximum atomic E-state index is 12.5. The summed E-state index contributed by atoms with van der Waals surface area (Å²) in [6.07, 6.45) is 6.07. The molecular formula is C14H24N2O3. The van der Waals surface area contributed by atoms with Crippen LogP contribution in [0.4, 0.5) is 4.79 Å². The van der Waals surface area contributed by atoms with E-state index in [1.54, 1.807) is 4.90 Å². The number of carboxylic acids is 1. The Morgan fingerprint density at radius 3 is 2.47 bits per heavy atom. The van der Waals surface area contributed by atoms with Crippen molar-refractivity contribution in [2.75, 3.05) is 19.6 Å². The second-order valence-electron chi connectivity index (χ2n) is 5.63. The van der Waals surface area contributed by atoms with Gasteiger partial charge in [-0.25, -0.2) is 4.79 Å². The molecule has 5 heteroatoms. The summed E-state index contributed by atoms with van der Waals surface area (Å²) in [6.45, 7) is 3.80. The summed E-state index contributed by atoms with van der Waals surface area (Å²) in [5, 5.41) is 9.09. The molecule has 0 aromatic carbocycles. The Morgan fingerprint density at radius 2 is 1.89 bits per heavy atom. The third-order valence-electron chi connectivity index (χ3n) is 4.39. The number of carbonyl (C=O) groups is 2. The predicted molar refractivity (Wildman–Crippen MR) is 72.0 cm³/mol. The topological polar surface area (TPSA) is 60.9 Å². The average Bonchev–Trinajstić information content (AvgIpc) is 2.93. The first-order valence-electron chi connectivity index (χ1n) is 7.41. The van der Waals surface area contributed by atoms with Gasteiger partial charge in [0.25, 0.3) is 0 Å². The molecule has 0 aromatic heterocycles. The van der Waals surface area contributed by atoms with Crippen LogP contribution >= 0.6 is 0 Å². The second-order valence-corrected chi connectivity index (χ2v) is 5.63. The first-order chi connectivity index (χ1) is 9.13. The molecule has 1 saturated carbocycles. The number of rotatable bonds is 3. The van der Waals surface area contributed by atoms with Gasteiger partial charge in [-0.2, -0.15) is 0 Å². The fourth-order valence-electron chi connectivity index (χ4n) is 3.30. The van der Waals surface area contributed by atoms with Crippen LogP contribution in [0.1, 0.15) is 45.4 Å². The van der Waals surface area contributed by atoms with Crippen LogP contribution in [-0.4, -0.2) is 52.6 Å². The van der Waals surface area contributed by atoms with Crippen LogP contribution in [0.2, 0.25) is 0 Å². The maximum absolute atomic E-state index is 12.5. The third kappa shape index (κ3) is 3.19. The number of carbonyl (C=O) groups excluding carboxylic acids is 1. The van der Waals surface area contributed by atoms with E-state index in [1.807, 2.05) is 11.8 Å². The number of urea groups is 1. The van der Waals surface area contributed by atoms with Crippen molar-refractivity contribution in [1.82, 2.24) is 9.80 Å². The smallest absolute Gasteiger partial charge is 0.320 e. The summed E-state index contributed by atoms with van der Waals surface area (Å²) in [5.74, 6) is -1.17. The van der Waals surface area contributed by atoms with Crippen molar-refractivity contribution >= 4 is 12.0 Å². The summed E-state index contributed by atoms with van der Waals surface area (Å²) in [5.41, 5.74) is 0. The summed E-state index contributed by atoms with van der Waals surface area (Å²) in [7, 11) is 0. The van der Waals surface area contributed by atoms with Crippen molar-refractivity contribution in [2.24, 2.45) is 5.92 Å². The molecule has 0 radical (unpaired) electrons. The zero-order valence-electron chi connectivity index (χ0n) is 11.7. The molecule has 5 nitrogen and oxygen atoms in total. The number of piperidine rings is 1. The lowest BCUT2D eigenvalue weighted by atomic mass is 9.98. The molecule has 1 N–H and O–H groups in total. The average molecular weight is 268 g/mol. The highest BCUT2D eigenvalue weighted by Crippen LogP contribution is 2.25. The Balaban J connectivity index is 1.98. The number of likely N-dealkylation sites (tertiary alicyclic amines) is 1. The molecule has 1 saturated heterocycles. The van der Waals surface area contributed by atoms with E-state index in [0.717, 1.165) is 25.8 Å². The van der Waals surface area contributed by atoms with Crippen LogP contribution < -0.4 is 0 Å². The summed E-state index contributed by atoms with van der Waals surface area (Å²) < 4.78 is 0. The molecule has 0 bridgehead atoms. The van der Waals surface area contributed by atoms with E-state index in [2.05, 4.69) is 0 Å². The number of amides is 2. The Labute approximate surface area is 114 Å². The highest BCUT2D eigenvalue weighted by atomic mass is 16.4. The lowest BCUT2D eigenvalue weighted by Gasteiger charge is -2.37. The Hall–Kier alpha value is -1.26. The van der Waals surface area contributed by atoms with Crippen LogP contribution in [-0.2, 0) is 4.79 Å². The standard InChI is InChI=1S/C14H24N2O3/c1-2-16(12-7-3-4-8-12)14(19)15-9-5-6-11(10-15)13(17)18/h11-12H,2-10H2,1H3,(H,17,18)/t11-/m0/s1. The zero-order valence-corrected chi connectivity index (χ0v) is 11.7. The summed E-state index contributed by atoms with van der Waals surface area (Å²) in [4.78, 5) is 27.3. The van der Waals surface area contributed by atoms with Crippen molar-refractivity contribution < 1.29 is 14.7 Å². The molecule has 1 aliphatic carbocycles. The van der Waals surface area contributed by atoms with Gasteiger partial charge in [0.2, 0.25) is 0 Å². The number of hydrogen-bond donors (Lipinski definition) is 1. The van der Waals surface area contributed by atoms with Gasteiger partial charge in [-0.3, -0.25) is 4.79 Å². The lowest BCUT2D eigenvalue weighted by Crippen LogP contribution is -2.51. The highest BCUT2D eigenvalue weighted by molar-refractivity contribution is 5.77. The van der Waals surface area contributed by atoms with Crippen molar-refractivity contribution in [3.05, 3.63) is 0 Å². The van der Waals surface area contributed by atoms with Crippen molar-refractivity contribution in [1.29, 1.82) is 0 Å². The van der Waals surface area contributed by atoms with Crippen LogP contribution in [0.5, 0.6) is 0 Å². The maximum Gasteiger partial charge on any atom is 0.320 e. The second kappa shape index (κ2) is 6.26. The molecule has 108 valence electrons. The minimum absolute atomic E-state index is 0.0420. The number of nitrogens with zero attached hydrogens (tertiary/aromatic N) is 2. The number of hydrogen-bond acceptors (Lipinski definition) is 2. The zero-order chi connectivity index (χ0) is 13.8. The van der Waals surface area contributed by atoms with Crippen LogP contribution in [0.25, 0.3) is 0 Å². The van der Waals surface area contributed by atoms with Gasteiger partial charge in [0.15, 0.2) is 0 Å². The monoisotopic (exact) mass is 268 g/mol. The van der Waals surface area contributed by atoms with Gasteiger partial charge in [0.1, 0.15) is 0 Å². The van der Waals surface area contributed by atoms with Gasteiger partial charge in [0, 0.05) is 25.7 Å². The summed E-state index contributed by atoms with van der Waals surface area (Å²) in [6, 6.07) is 0.406.